The van der Waals surface area contributed by atoms with Gasteiger partial charge in [0.15, 0.2) is 16.5 Å². The van der Waals surface area contributed by atoms with Gasteiger partial charge in [0.25, 0.3) is 5.56 Å². The third-order valence-corrected chi connectivity index (χ3v) is 5.49. The molecule has 0 saturated carbocycles. The number of aryl methyl sites for hydroxylation is 1. The summed E-state index contributed by atoms with van der Waals surface area (Å²) in [7, 11) is 2.73. The molecule has 0 fully saturated rings. The van der Waals surface area contributed by atoms with Gasteiger partial charge in [-0.25, -0.2) is 9.78 Å². The fourth-order valence-corrected chi connectivity index (χ4v) is 3.79. The Kier molecular flexibility index (Phi) is 5.20. The van der Waals surface area contributed by atoms with Gasteiger partial charge < -0.3 is 9.84 Å². The van der Waals surface area contributed by atoms with E-state index in [1.807, 2.05) is 0 Å². The minimum absolute atomic E-state index is 0.00628. The van der Waals surface area contributed by atoms with Crippen molar-refractivity contribution in [1.82, 2.24) is 19.3 Å². The summed E-state index contributed by atoms with van der Waals surface area (Å²) >= 11 is 1.09. The van der Waals surface area contributed by atoms with E-state index in [0.717, 1.165) is 32.6 Å². The molecule has 0 radical (unpaired) electrons. The van der Waals surface area contributed by atoms with E-state index >= 15 is 0 Å². The molecule has 0 atom stereocenters. The highest BCUT2D eigenvalue weighted by atomic mass is 32.1. The van der Waals surface area contributed by atoms with Crippen molar-refractivity contribution >= 4 is 33.4 Å². The number of nitrogens with one attached hydrogen (secondary N) is 1. The highest BCUT2D eigenvalue weighted by molar-refractivity contribution is 7.14. The predicted octanol–water partition coefficient (Wildman–Crippen LogP) is 2.55. The van der Waals surface area contributed by atoms with Crippen molar-refractivity contribution in [2.24, 2.45) is 14.1 Å². The zero-order valence-corrected chi connectivity index (χ0v) is 17.4. The molecular weight excluding hydrogens is 451 g/mol. The van der Waals surface area contributed by atoms with E-state index in [4.69, 9.17) is 4.52 Å². The molecule has 4 aromatic rings. The molecule has 1 amide bonds. The second kappa shape index (κ2) is 7.75. The number of anilines is 1. The van der Waals surface area contributed by atoms with Gasteiger partial charge in [0.05, 0.1) is 17.7 Å². The van der Waals surface area contributed by atoms with Crippen LogP contribution in [0.3, 0.4) is 0 Å². The highest BCUT2D eigenvalue weighted by Crippen LogP contribution is 2.31. The lowest BCUT2D eigenvalue weighted by atomic mass is 10.1. The van der Waals surface area contributed by atoms with Crippen molar-refractivity contribution < 1.29 is 22.5 Å². The van der Waals surface area contributed by atoms with Crippen molar-refractivity contribution in [3.63, 3.8) is 0 Å². The second-order valence-electron chi connectivity index (χ2n) is 6.85. The van der Waals surface area contributed by atoms with Crippen LogP contribution in [-0.2, 0) is 31.5 Å². The molecule has 0 aliphatic rings. The maximum atomic E-state index is 12.7. The lowest BCUT2D eigenvalue weighted by Crippen LogP contribution is -2.37. The fraction of sp³-hybridized carbons (Fsp3) is 0.211. The van der Waals surface area contributed by atoms with Crippen molar-refractivity contribution in [2.75, 3.05) is 5.32 Å². The SMILES string of the molecule is Cn1c(=O)c2c(CC(=O)Nc3nc(-c4ccc(C(F)(F)F)cc4)cs3)onc2n(C)c1=O. The van der Waals surface area contributed by atoms with Crippen LogP contribution < -0.4 is 16.6 Å². The first-order valence-corrected chi connectivity index (χ1v) is 9.91. The molecule has 1 aromatic carbocycles. The Morgan fingerprint density at radius 2 is 1.84 bits per heavy atom. The van der Waals surface area contributed by atoms with Gasteiger partial charge in [-0.1, -0.05) is 17.3 Å². The number of rotatable bonds is 4. The minimum Gasteiger partial charge on any atom is -0.358 e. The van der Waals surface area contributed by atoms with Crippen molar-refractivity contribution in [3.8, 4) is 11.3 Å². The minimum atomic E-state index is -4.43. The number of carbonyl (C=O) groups excluding carboxylic acids is 1. The number of nitrogens with zero attached hydrogens (tertiary/aromatic N) is 4. The maximum absolute atomic E-state index is 12.7. The molecule has 1 N–H and O–H groups in total. The molecule has 3 aromatic heterocycles. The number of benzene rings is 1. The molecule has 0 spiro atoms. The topological polar surface area (TPSA) is 112 Å². The highest BCUT2D eigenvalue weighted by Gasteiger charge is 2.30. The van der Waals surface area contributed by atoms with Gasteiger partial charge in [-0.05, 0) is 12.1 Å². The molecule has 9 nitrogen and oxygen atoms in total. The largest absolute Gasteiger partial charge is 0.416 e. The summed E-state index contributed by atoms with van der Waals surface area (Å²) in [6.45, 7) is 0. The van der Waals surface area contributed by atoms with Crippen LogP contribution in [0.4, 0.5) is 18.3 Å². The normalized spacial score (nSPS) is 11.8. The smallest absolute Gasteiger partial charge is 0.358 e. The first-order chi connectivity index (χ1) is 15.1. The Morgan fingerprint density at radius 1 is 1.16 bits per heavy atom. The Balaban J connectivity index is 1.52. The van der Waals surface area contributed by atoms with E-state index < -0.39 is 28.9 Å². The molecule has 0 unspecified atom stereocenters. The molecule has 32 heavy (non-hydrogen) atoms. The number of carbonyl (C=O) groups is 1. The summed E-state index contributed by atoms with van der Waals surface area (Å²) in [5.74, 6) is -0.555. The standard InChI is InChI=1S/C19H14F3N5O4S/c1-26-15-14(16(29)27(2)18(26)30)12(31-25-15)7-13(28)24-17-23-11(8-32-17)9-3-5-10(6-4-9)19(20,21)22/h3-6,8H,7H2,1-2H3,(H,23,24,28). The predicted molar refractivity (Wildman–Crippen MR) is 109 cm³/mol. The van der Waals surface area contributed by atoms with Crippen molar-refractivity contribution in [1.29, 1.82) is 0 Å². The number of halogens is 3. The molecule has 0 aliphatic heterocycles. The van der Waals surface area contributed by atoms with E-state index in [2.05, 4.69) is 15.5 Å². The summed E-state index contributed by atoms with van der Waals surface area (Å²) in [6.07, 6.45) is -4.77. The molecule has 3 heterocycles. The molecule has 0 bridgehead atoms. The Morgan fingerprint density at radius 3 is 2.50 bits per heavy atom. The maximum Gasteiger partial charge on any atom is 0.416 e. The number of amides is 1. The lowest BCUT2D eigenvalue weighted by molar-refractivity contribution is -0.137. The third kappa shape index (κ3) is 3.82. The molecule has 0 aliphatic carbocycles. The molecule has 0 saturated heterocycles. The second-order valence-corrected chi connectivity index (χ2v) is 7.71. The van der Waals surface area contributed by atoms with Crippen LogP contribution >= 0.6 is 11.3 Å². The third-order valence-electron chi connectivity index (χ3n) is 4.73. The monoisotopic (exact) mass is 465 g/mol. The first kappa shape index (κ1) is 21.5. The quantitative estimate of drug-likeness (QED) is 0.496. The van der Waals surface area contributed by atoms with Gasteiger partial charge in [0.1, 0.15) is 5.39 Å². The van der Waals surface area contributed by atoms with Crippen LogP contribution in [0.2, 0.25) is 0 Å². The number of hydrogen-bond acceptors (Lipinski definition) is 7. The zero-order valence-electron chi connectivity index (χ0n) is 16.6. The Labute approximate surface area is 180 Å². The number of alkyl halides is 3. The summed E-state index contributed by atoms with van der Waals surface area (Å²) in [4.78, 5) is 41.0. The van der Waals surface area contributed by atoms with Crippen LogP contribution in [0.25, 0.3) is 22.3 Å². The number of fused-ring (bicyclic) bond motifs is 1. The van der Waals surface area contributed by atoms with E-state index in [1.165, 1.54) is 26.2 Å². The number of hydrogen-bond donors (Lipinski definition) is 1. The van der Waals surface area contributed by atoms with Gasteiger partial charge >= 0.3 is 11.9 Å². The average molecular weight is 465 g/mol. The Hall–Kier alpha value is -3.74. The van der Waals surface area contributed by atoms with E-state index in [0.29, 0.717) is 11.3 Å². The molecular formula is C19H14F3N5O4S. The van der Waals surface area contributed by atoms with Gasteiger partial charge in [0.2, 0.25) is 5.91 Å². The lowest BCUT2D eigenvalue weighted by Gasteiger charge is -2.06. The van der Waals surface area contributed by atoms with Gasteiger partial charge in [-0.2, -0.15) is 13.2 Å². The first-order valence-electron chi connectivity index (χ1n) is 9.03. The van der Waals surface area contributed by atoms with Crippen LogP contribution in [0.15, 0.2) is 43.8 Å². The zero-order chi connectivity index (χ0) is 23.2. The molecule has 4 rings (SSSR count). The van der Waals surface area contributed by atoms with E-state index in [-0.39, 0.29) is 28.3 Å². The van der Waals surface area contributed by atoms with Crippen molar-refractivity contribution in [2.45, 2.75) is 12.6 Å². The Bertz CT molecular complexity index is 1450. The van der Waals surface area contributed by atoms with Gasteiger partial charge in [0, 0.05) is 25.0 Å². The fourth-order valence-electron chi connectivity index (χ4n) is 3.05. The number of aromatic nitrogens is 4. The van der Waals surface area contributed by atoms with E-state index in [9.17, 15) is 27.6 Å². The van der Waals surface area contributed by atoms with Crippen molar-refractivity contribution in [3.05, 3.63) is 61.8 Å². The summed E-state index contributed by atoms with van der Waals surface area (Å²) < 4.78 is 45.2. The van der Waals surface area contributed by atoms with E-state index in [1.54, 1.807) is 5.38 Å². The molecule has 13 heteroatoms. The summed E-state index contributed by atoms with van der Waals surface area (Å²) in [5.41, 5.74) is -1.10. The summed E-state index contributed by atoms with van der Waals surface area (Å²) in [6, 6.07) is 4.50. The van der Waals surface area contributed by atoms with Gasteiger partial charge in [-0.15, -0.1) is 11.3 Å². The molecule has 166 valence electrons. The van der Waals surface area contributed by atoms with Crippen LogP contribution in [-0.4, -0.2) is 25.2 Å². The van der Waals surface area contributed by atoms with Crippen LogP contribution in [0.1, 0.15) is 11.3 Å². The average Bonchev–Trinajstić information content (AvgIpc) is 3.37. The van der Waals surface area contributed by atoms with Crippen LogP contribution in [0, 0.1) is 0 Å². The van der Waals surface area contributed by atoms with Crippen LogP contribution in [0.5, 0.6) is 0 Å². The summed E-state index contributed by atoms with van der Waals surface area (Å²) in [5, 5.41) is 8.09. The number of thiazole rings is 1. The van der Waals surface area contributed by atoms with Gasteiger partial charge in [-0.3, -0.25) is 18.7 Å².